The number of rotatable bonds is 3. The Morgan fingerprint density at radius 1 is 1.33 bits per heavy atom. The van der Waals surface area contributed by atoms with Gasteiger partial charge in [-0.15, -0.1) is 0 Å². The first kappa shape index (κ1) is 10.4. The minimum absolute atomic E-state index is 0.422. The van der Waals surface area contributed by atoms with Crippen molar-refractivity contribution in [3.05, 3.63) is 24.0 Å². The maximum atomic E-state index is 11.1. The summed E-state index contributed by atoms with van der Waals surface area (Å²) in [5.74, 6) is 0.422. The zero-order valence-corrected chi connectivity index (χ0v) is 9.28. The van der Waals surface area contributed by atoms with E-state index in [0.717, 1.165) is 38.9 Å². The molecule has 1 aliphatic heterocycles. The van der Waals surface area contributed by atoms with Crippen LogP contribution in [-0.4, -0.2) is 34.9 Å². The van der Waals surface area contributed by atoms with E-state index in [2.05, 4.69) is 27.9 Å². The Balaban J connectivity index is 1.76. The smallest absolute Gasteiger partial charge is 0.135 e. The molecule has 1 aliphatic rings. The predicted molar refractivity (Wildman–Crippen MR) is 59.8 cm³/mol. The molecule has 0 spiro atoms. The number of likely N-dealkylation sites (tertiary alicyclic amines) is 1. The van der Waals surface area contributed by atoms with E-state index in [-0.39, 0.29) is 0 Å². The lowest BCUT2D eigenvalue weighted by atomic mass is 10.1. The van der Waals surface area contributed by atoms with Crippen molar-refractivity contribution in [1.29, 1.82) is 0 Å². The van der Waals surface area contributed by atoms with Gasteiger partial charge in [-0.1, -0.05) is 0 Å². The van der Waals surface area contributed by atoms with Gasteiger partial charge in [0.25, 0.3) is 0 Å². The highest BCUT2D eigenvalue weighted by molar-refractivity contribution is 5.79. The van der Waals surface area contributed by atoms with Crippen molar-refractivity contribution in [1.82, 2.24) is 9.47 Å². The van der Waals surface area contributed by atoms with Crippen molar-refractivity contribution in [2.75, 3.05) is 19.6 Å². The highest BCUT2D eigenvalue weighted by atomic mass is 16.1. The second-order valence-electron chi connectivity index (χ2n) is 4.32. The Morgan fingerprint density at radius 3 is 2.67 bits per heavy atom. The van der Waals surface area contributed by atoms with Gasteiger partial charge in [-0.05, 0) is 18.1 Å². The van der Waals surface area contributed by atoms with E-state index >= 15 is 0 Å². The van der Waals surface area contributed by atoms with E-state index in [1.807, 2.05) is 7.05 Å². The van der Waals surface area contributed by atoms with Gasteiger partial charge in [0.1, 0.15) is 5.78 Å². The van der Waals surface area contributed by atoms with E-state index in [0.29, 0.717) is 5.78 Å². The average molecular weight is 206 g/mol. The van der Waals surface area contributed by atoms with Crippen LogP contribution in [0.4, 0.5) is 0 Å². The van der Waals surface area contributed by atoms with Crippen LogP contribution in [0, 0.1) is 0 Å². The number of carbonyl (C=O) groups is 1. The molecule has 0 bridgehead atoms. The molecule has 0 atom stereocenters. The number of ketones is 1. The van der Waals surface area contributed by atoms with Crippen LogP contribution in [0.1, 0.15) is 18.4 Å². The molecule has 0 saturated carbocycles. The molecule has 0 aromatic carbocycles. The van der Waals surface area contributed by atoms with Gasteiger partial charge in [-0.3, -0.25) is 4.79 Å². The second kappa shape index (κ2) is 4.62. The van der Waals surface area contributed by atoms with Gasteiger partial charge in [0.2, 0.25) is 0 Å². The van der Waals surface area contributed by atoms with Crippen LogP contribution in [0.15, 0.2) is 18.5 Å². The standard InChI is InChI=1S/C12H18N2O/c1-13-6-2-11(10-13)3-7-14-8-4-12(15)5-9-14/h2,6,10H,3-5,7-9H2,1H3. The number of carbonyl (C=O) groups excluding carboxylic acids is 1. The summed E-state index contributed by atoms with van der Waals surface area (Å²) in [7, 11) is 2.04. The van der Waals surface area contributed by atoms with Crippen molar-refractivity contribution >= 4 is 5.78 Å². The maximum absolute atomic E-state index is 11.1. The largest absolute Gasteiger partial charge is 0.357 e. The van der Waals surface area contributed by atoms with Crippen molar-refractivity contribution < 1.29 is 4.79 Å². The van der Waals surface area contributed by atoms with Gasteiger partial charge in [0.15, 0.2) is 0 Å². The molecule has 1 aromatic heterocycles. The quantitative estimate of drug-likeness (QED) is 0.743. The first-order chi connectivity index (χ1) is 7.24. The summed E-state index contributed by atoms with van der Waals surface area (Å²) < 4.78 is 2.08. The van der Waals surface area contributed by atoms with Crippen molar-refractivity contribution in [2.24, 2.45) is 7.05 Å². The summed E-state index contributed by atoms with van der Waals surface area (Å²) >= 11 is 0. The van der Waals surface area contributed by atoms with Crippen LogP contribution in [0.5, 0.6) is 0 Å². The lowest BCUT2D eigenvalue weighted by Gasteiger charge is -2.25. The molecule has 3 heteroatoms. The van der Waals surface area contributed by atoms with E-state index in [9.17, 15) is 4.79 Å². The lowest BCUT2D eigenvalue weighted by molar-refractivity contribution is -0.121. The minimum Gasteiger partial charge on any atom is -0.357 e. The fourth-order valence-electron chi connectivity index (χ4n) is 2.02. The molecule has 1 aromatic rings. The van der Waals surface area contributed by atoms with Crippen LogP contribution < -0.4 is 0 Å². The molecular formula is C12H18N2O. The monoisotopic (exact) mass is 206 g/mol. The van der Waals surface area contributed by atoms with Crippen molar-refractivity contribution in [2.45, 2.75) is 19.3 Å². The minimum atomic E-state index is 0.422. The van der Waals surface area contributed by atoms with E-state index < -0.39 is 0 Å². The maximum Gasteiger partial charge on any atom is 0.135 e. The molecule has 0 amide bonds. The molecule has 0 aliphatic carbocycles. The molecule has 1 saturated heterocycles. The summed E-state index contributed by atoms with van der Waals surface area (Å²) in [6.07, 6.45) is 6.82. The second-order valence-corrected chi connectivity index (χ2v) is 4.32. The number of nitrogens with zero attached hydrogens (tertiary/aromatic N) is 2. The first-order valence-electron chi connectivity index (χ1n) is 5.59. The van der Waals surface area contributed by atoms with Crippen molar-refractivity contribution in [3.63, 3.8) is 0 Å². The van der Waals surface area contributed by atoms with Gasteiger partial charge in [0.05, 0.1) is 0 Å². The molecule has 2 heterocycles. The third kappa shape index (κ3) is 2.93. The topological polar surface area (TPSA) is 25.2 Å². The molecule has 3 nitrogen and oxygen atoms in total. The van der Waals surface area contributed by atoms with Gasteiger partial charge in [0, 0.05) is 51.9 Å². The van der Waals surface area contributed by atoms with Gasteiger partial charge >= 0.3 is 0 Å². The normalized spacial score (nSPS) is 18.3. The zero-order chi connectivity index (χ0) is 10.7. The van der Waals surface area contributed by atoms with Gasteiger partial charge in [-0.2, -0.15) is 0 Å². The fourth-order valence-corrected chi connectivity index (χ4v) is 2.02. The predicted octanol–water partition coefficient (Wildman–Crippen LogP) is 1.23. The van der Waals surface area contributed by atoms with Crippen LogP contribution in [0.2, 0.25) is 0 Å². The van der Waals surface area contributed by atoms with Gasteiger partial charge < -0.3 is 9.47 Å². The number of aromatic nitrogens is 1. The Hall–Kier alpha value is -1.09. The SMILES string of the molecule is Cn1ccc(CCN2CCC(=O)CC2)c1. The van der Waals surface area contributed by atoms with Crippen LogP contribution in [0.25, 0.3) is 0 Å². The highest BCUT2D eigenvalue weighted by Crippen LogP contribution is 2.08. The summed E-state index contributed by atoms with van der Waals surface area (Å²) in [5.41, 5.74) is 1.38. The molecule has 1 fully saturated rings. The van der Waals surface area contributed by atoms with E-state index in [4.69, 9.17) is 0 Å². The Bertz CT molecular complexity index is 333. The van der Waals surface area contributed by atoms with Crippen LogP contribution in [0.3, 0.4) is 0 Å². The number of aryl methyl sites for hydroxylation is 1. The summed E-state index contributed by atoms with van der Waals surface area (Å²) in [4.78, 5) is 13.4. The van der Waals surface area contributed by atoms with E-state index in [1.54, 1.807) is 0 Å². The number of hydrogen-bond acceptors (Lipinski definition) is 2. The molecule has 82 valence electrons. The fraction of sp³-hybridized carbons (Fsp3) is 0.583. The lowest BCUT2D eigenvalue weighted by Crippen LogP contribution is -2.35. The number of Topliss-reactive ketones (excluding diaryl/α,β-unsaturated/α-hetero) is 1. The van der Waals surface area contributed by atoms with Gasteiger partial charge in [-0.25, -0.2) is 0 Å². The first-order valence-corrected chi connectivity index (χ1v) is 5.59. The third-order valence-electron chi connectivity index (χ3n) is 3.02. The zero-order valence-electron chi connectivity index (χ0n) is 9.28. The highest BCUT2D eigenvalue weighted by Gasteiger charge is 2.15. The molecule has 0 N–H and O–H groups in total. The average Bonchev–Trinajstić information content (AvgIpc) is 2.64. The molecule has 0 unspecified atom stereocenters. The Labute approximate surface area is 90.7 Å². The molecule has 2 rings (SSSR count). The Morgan fingerprint density at radius 2 is 2.07 bits per heavy atom. The molecular weight excluding hydrogens is 188 g/mol. The number of hydrogen-bond donors (Lipinski definition) is 0. The number of piperidine rings is 1. The van der Waals surface area contributed by atoms with Crippen molar-refractivity contribution in [3.8, 4) is 0 Å². The van der Waals surface area contributed by atoms with Crippen LogP contribution >= 0.6 is 0 Å². The van der Waals surface area contributed by atoms with Crippen LogP contribution in [-0.2, 0) is 18.3 Å². The molecule has 15 heavy (non-hydrogen) atoms. The summed E-state index contributed by atoms with van der Waals surface area (Å²) in [6, 6.07) is 2.16. The third-order valence-corrected chi connectivity index (χ3v) is 3.02. The Kier molecular flexibility index (Phi) is 3.21. The molecule has 0 radical (unpaired) electrons. The summed E-state index contributed by atoms with van der Waals surface area (Å²) in [6.45, 7) is 2.98. The summed E-state index contributed by atoms with van der Waals surface area (Å²) in [5, 5.41) is 0. The van der Waals surface area contributed by atoms with E-state index in [1.165, 1.54) is 5.56 Å².